The third kappa shape index (κ3) is 1.52. The zero-order valence-corrected chi connectivity index (χ0v) is 8.44. The summed E-state index contributed by atoms with van der Waals surface area (Å²) in [6.07, 6.45) is 0. The Kier molecular flexibility index (Phi) is 2.16. The quantitative estimate of drug-likeness (QED) is 0.671. The van der Waals surface area contributed by atoms with Gasteiger partial charge in [0.2, 0.25) is 0 Å². The molecule has 0 saturated carbocycles. The third-order valence-corrected chi connectivity index (χ3v) is 2.35. The number of carbonyl (C=O) groups excluding carboxylic acids is 1. The summed E-state index contributed by atoms with van der Waals surface area (Å²) in [6, 6.07) is 4.23. The van der Waals surface area contributed by atoms with E-state index in [0.29, 0.717) is 10.9 Å². The second-order valence-electron chi connectivity index (χ2n) is 3.50. The fourth-order valence-electron chi connectivity index (χ4n) is 1.57. The lowest BCUT2D eigenvalue weighted by Gasteiger charge is -1.99. The Balaban J connectivity index is 2.70. The first-order valence-corrected chi connectivity index (χ1v) is 4.59. The van der Waals surface area contributed by atoms with Crippen molar-refractivity contribution >= 4 is 22.7 Å². The number of aromatic hydroxyl groups is 1. The van der Waals surface area contributed by atoms with Crippen molar-refractivity contribution in [1.82, 2.24) is 4.98 Å². The maximum atomic E-state index is 11.2. The molecule has 0 amide bonds. The van der Waals surface area contributed by atoms with Crippen molar-refractivity contribution in [2.75, 3.05) is 0 Å². The van der Waals surface area contributed by atoms with E-state index in [1.807, 2.05) is 0 Å². The molecule has 2 aromatic rings. The summed E-state index contributed by atoms with van der Waals surface area (Å²) in [5.41, 5.74) is 0.693. The number of carboxylic acids is 1. The van der Waals surface area contributed by atoms with Crippen LogP contribution in [0, 0.1) is 0 Å². The van der Waals surface area contributed by atoms with E-state index in [9.17, 15) is 14.7 Å². The van der Waals surface area contributed by atoms with E-state index >= 15 is 0 Å². The normalized spacial score (nSPS) is 10.6. The minimum atomic E-state index is -1.08. The van der Waals surface area contributed by atoms with Gasteiger partial charge in [-0.2, -0.15) is 0 Å². The Bertz CT molecular complexity index is 597. The summed E-state index contributed by atoms with van der Waals surface area (Å²) in [5, 5.41) is 18.9. The fourth-order valence-corrected chi connectivity index (χ4v) is 1.57. The number of aromatic nitrogens is 1. The summed E-state index contributed by atoms with van der Waals surface area (Å²) < 4.78 is 0. The molecule has 0 aliphatic carbocycles. The lowest BCUT2D eigenvalue weighted by molar-refractivity contribution is 0.0691. The topological polar surface area (TPSA) is 90.4 Å². The van der Waals surface area contributed by atoms with E-state index in [0.717, 1.165) is 0 Å². The summed E-state index contributed by atoms with van der Waals surface area (Å²) in [5.74, 6) is -1.50. The standard InChI is InChI=1S/C11H9NO4/c1-5(13)7-2-6-3-9(11(15)16)12-8(6)4-10(7)14/h2-4,12,14H,1H3,(H,15,16). The number of carbonyl (C=O) groups is 2. The molecular weight excluding hydrogens is 210 g/mol. The van der Waals surface area contributed by atoms with Gasteiger partial charge in [0.25, 0.3) is 0 Å². The van der Waals surface area contributed by atoms with Gasteiger partial charge >= 0.3 is 5.97 Å². The summed E-state index contributed by atoms with van der Waals surface area (Å²) in [6.45, 7) is 1.34. The van der Waals surface area contributed by atoms with Gasteiger partial charge in [0.15, 0.2) is 5.78 Å². The Hall–Kier alpha value is -2.30. The number of aromatic amines is 1. The number of H-pyrrole nitrogens is 1. The van der Waals surface area contributed by atoms with Gasteiger partial charge in [-0.05, 0) is 19.1 Å². The Morgan fingerprint density at radius 1 is 1.25 bits per heavy atom. The maximum Gasteiger partial charge on any atom is 0.352 e. The average molecular weight is 219 g/mol. The van der Waals surface area contributed by atoms with Crippen molar-refractivity contribution in [2.45, 2.75) is 6.92 Å². The Morgan fingerprint density at radius 2 is 1.94 bits per heavy atom. The molecule has 0 fully saturated rings. The molecule has 0 unspecified atom stereocenters. The van der Waals surface area contributed by atoms with Crippen LogP contribution in [0.5, 0.6) is 5.75 Å². The number of benzene rings is 1. The van der Waals surface area contributed by atoms with E-state index in [1.165, 1.54) is 25.1 Å². The molecule has 0 aliphatic heterocycles. The van der Waals surface area contributed by atoms with Crippen molar-refractivity contribution in [3.63, 3.8) is 0 Å². The van der Waals surface area contributed by atoms with Crippen LogP contribution in [-0.4, -0.2) is 26.9 Å². The molecule has 5 heteroatoms. The first-order valence-electron chi connectivity index (χ1n) is 4.59. The molecule has 0 radical (unpaired) electrons. The van der Waals surface area contributed by atoms with Crippen LogP contribution in [0.2, 0.25) is 0 Å². The molecule has 5 nitrogen and oxygen atoms in total. The molecule has 0 saturated heterocycles. The van der Waals surface area contributed by atoms with Crippen LogP contribution in [0.15, 0.2) is 18.2 Å². The number of hydrogen-bond donors (Lipinski definition) is 3. The van der Waals surface area contributed by atoms with Gasteiger partial charge in [0.1, 0.15) is 11.4 Å². The predicted molar refractivity (Wildman–Crippen MR) is 56.9 cm³/mol. The van der Waals surface area contributed by atoms with Crippen LogP contribution >= 0.6 is 0 Å². The van der Waals surface area contributed by atoms with Crippen LogP contribution in [0.25, 0.3) is 10.9 Å². The second-order valence-corrected chi connectivity index (χ2v) is 3.50. The largest absolute Gasteiger partial charge is 0.507 e. The molecule has 82 valence electrons. The number of phenols is 1. The first kappa shape index (κ1) is 10.2. The molecule has 2 rings (SSSR count). The number of Topliss-reactive ketones (excluding diaryl/α,β-unsaturated/α-hetero) is 1. The highest BCUT2D eigenvalue weighted by molar-refractivity contribution is 6.02. The molecule has 1 aromatic carbocycles. The first-order chi connectivity index (χ1) is 7.49. The predicted octanol–water partition coefficient (Wildman–Crippen LogP) is 1.77. The molecule has 0 atom stereocenters. The van der Waals surface area contributed by atoms with E-state index in [2.05, 4.69) is 4.98 Å². The lowest BCUT2D eigenvalue weighted by Crippen LogP contribution is -1.94. The molecule has 0 bridgehead atoms. The van der Waals surface area contributed by atoms with Crippen LogP contribution < -0.4 is 0 Å². The van der Waals surface area contributed by atoms with Crippen molar-refractivity contribution in [2.24, 2.45) is 0 Å². The second kappa shape index (κ2) is 3.37. The van der Waals surface area contributed by atoms with Crippen LogP contribution in [0.4, 0.5) is 0 Å². The van der Waals surface area contributed by atoms with Gasteiger partial charge in [-0.15, -0.1) is 0 Å². The van der Waals surface area contributed by atoms with Gasteiger partial charge in [-0.3, -0.25) is 4.79 Å². The number of phenolic OH excluding ortho intramolecular Hbond substituents is 1. The highest BCUT2D eigenvalue weighted by Gasteiger charge is 2.12. The lowest BCUT2D eigenvalue weighted by atomic mass is 10.1. The van der Waals surface area contributed by atoms with Gasteiger partial charge in [0.05, 0.1) is 5.56 Å². The molecule has 0 aliphatic rings. The zero-order valence-electron chi connectivity index (χ0n) is 8.44. The van der Waals surface area contributed by atoms with Crippen LogP contribution in [-0.2, 0) is 0 Å². The third-order valence-electron chi connectivity index (χ3n) is 2.35. The number of rotatable bonds is 2. The highest BCUT2D eigenvalue weighted by atomic mass is 16.4. The molecule has 3 N–H and O–H groups in total. The summed E-state index contributed by atoms with van der Waals surface area (Å²) in [4.78, 5) is 24.5. The molecule has 0 spiro atoms. The summed E-state index contributed by atoms with van der Waals surface area (Å²) >= 11 is 0. The van der Waals surface area contributed by atoms with E-state index in [1.54, 1.807) is 0 Å². The highest BCUT2D eigenvalue weighted by Crippen LogP contribution is 2.25. The number of hydrogen-bond acceptors (Lipinski definition) is 3. The average Bonchev–Trinajstić information content (AvgIpc) is 2.58. The molecular formula is C11H9NO4. The van der Waals surface area contributed by atoms with Gasteiger partial charge in [0, 0.05) is 17.0 Å². The van der Waals surface area contributed by atoms with Crippen molar-refractivity contribution < 1.29 is 19.8 Å². The van der Waals surface area contributed by atoms with E-state index < -0.39 is 5.97 Å². The van der Waals surface area contributed by atoms with Crippen molar-refractivity contribution in [1.29, 1.82) is 0 Å². The molecule has 1 heterocycles. The number of carboxylic acid groups (broad SMARTS) is 1. The minimum Gasteiger partial charge on any atom is -0.507 e. The van der Waals surface area contributed by atoms with Gasteiger partial charge < -0.3 is 15.2 Å². The van der Waals surface area contributed by atoms with Crippen LogP contribution in [0.1, 0.15) is 27.8 Å². The monoisotopic (exact) mass is 219 g/mol. The van der Waals surface area contributed by atoms with Crippen molar-refractivity contribution in [3.8, 4) is 5.75 Å². The zero-order chi connectivity index (χ0) is 11.9. The smallest absolute Gasteiger partial charge is 0.352 e. The molecule has 1 aromatic heterocycles. The molecule has 16 heavy (non-hydrogen) atoms. The van der Waals surface area contributed by atoms with E-state index in [4.69, 9.17) is 5.11 Å². The SMILES string of the molecule is CC(=O)c1cc2cc(C(=O)O)[nH]c2cc1O. The summed E-state index contributed by atoms with van der Waals surface area (Å²) in [7, 11) is 0. The Morgan fingerprint density at radius 3 is 2.50 bits per heavy atom. The minimum absolute atomic E-state index is 0.0232. The Labute approximate surface area is 90.3 Å². The fraction of sp³-hybridized carbons (Fsp3) is 0.0909. The number of fused-ring (bicyclic) bond motifs is 1. The van der Waals surface area contributed by atoms with Gasteiger partial charge in [-0.1, -0.05) is 0 Å². The van der Waals surface area contributed by atoms with Crippen molar-refractivity contribution in [3.05, 3.63) is 29.5 Å². The van der Waals surface area contributed by atoms with E-state index in [-0.39, 0.29) is 22.8 Å². The maximum absolute atomic E-state index is 11.2. The number of aromatic carboxylic acids is 1. The number of nitrogens with one attached hydrogen (secondary N) is 1. The van der Waals surface area contributed by atoms with Crippen LogP contribution in [0.3, 0.4) is 0 Å². The van der Waals surface area contributed by atoms with Gasteiger partial charge in [-0.25, -0.2) is 4.79 Å². The number of ketones is 1.